The molecule has 0 aliphatic rings. The third-order valence-corrected chi connectivity index (χ3v) is 4.26. The van der Waals surface area contributed by atoms with E-state index < -0.39 is 5.91 Å². The smallest absolute Gasteiger partial charge is 0.251 e. The largest absolute Gasteiger partial charge is 0.366 e. The van der Waals surface area contributed by atoms with Gasteiger partial charge in [-0.15, -0.1) is 0 Å². The maximum absolute atomic E-state index is 12.6. The zero-order valence-electron chi connectivity index (χ0n) is 15.1. The molecular formula is C21H26N2O2. The SMILES string of the molecule is CCCc1ccc(C(NC(=O)c2ccc(C(N)=O)cc2)C(C)C)cc1. The molecule has 0 saturated heterocycles. The molecule has 4 nitrogen and oxygen atoms in total. The molecule has 1 atom stereocenters. The average Bonchev–Trinajstić information content (AvgIpc) is 2.60. The van der Waals surface area contributed by atoms with Crippen molar-refractivity contribution in [3.8, 4) is 0 Å². The number of hydrogen-bond donors (Lipinski definition) is 2. The van der Waals surface area contributed by atoms with E-state index in [1.54, 1.807) is 24.3 Å². The van der Waals surface area contributed by atoms with E-state index >= 15 is 0 Å². The van der Waals surface area contributed by atoms with Gasteiger partial charge in [0.25, 0.3) is 5.91 Å². The lowest BCUT2D eigenvalue weighted by atomic mass is 9.94. The van der Waals surface area contributed by atoms with Gasteiger partial charge < -0.3 is 11.1 Å². The van der Waals surface area contributed by atoms with E-state index in [9.17, 15) is 9.59 Å². The molecule has 2 rings (SSSR count). The lowest BCUT2D eigenvalue weighted by Crippen LogP contribution is -2.31. The van der Waals surface area contributed by atoms with Crippen molar-refractivity contribution in [3.63, 3.8) is 0 Å². The Bertz CT molecular complexity index is 719. The summed E-state index contributed by atoms with van der Waals surface area (Å²) in [6.07, 6.45) is 2.18. The highest BCUT2D eigenvalue weighted by Crippen LogP contribution is 2.23. The third-order valence-electron chi connectivity index (χ3n) is 4.26. The van der Waals surface area contributed by atoms with Crippen LogP contribution in [0, 0.1) is 5.92 Å². The van der Waals surface area contributed by atoms with Crippen LogP contribution in [0.25, 0.3) is 0 Å². The third kappa shape index (κ3) is 4.92. The van der Waals surface area contributed by atoms with Crippen LogP contribution in [-0.4, -0.2) is 11.8 Å². The van der Waals surface area contributed by atoms with Gasteiger partial charge in [-0.1, -0.05) is 51.5 Å². The number of aryl methyl sites for hydroxylation is 1. The molecule has 3 N–H and O–H groups in total. The van der Waals surface area contributed by atoms with Crippen molar-refractivity contribution in [1.82, 2.24) is 5.32 Å². The summed E-state index contributed by atoms with van der Waals surface area (Å²) in [5.41, 5.74) is 8.54. The maximum atomic E-state index is 12.6. The summed E-state index contributed by atoms with van der Waals surface area (Å²) in [5, 5.41) is 3.09. The van der Waals surface area contributed by atoms with Crippen LogP contribution in [0.1, 0.15) is 65.1 Å². The Labute approximate surface area is 149 Å². The highest BCUT2D eigenvalue weighted by molar-refractivity contribution is 5.97. The Hall–Kier alpha value is -2.62. The van der Waals surface area contributed by atoms with E-state index in [1.807, 2.05) is 0 Å². The molecule has 0 aliphatic heterocycles. The minimum Gasteiger partial charge on any atom is -0.366 e. The Morgan fingerprint density at radius 2 is 1.52 bits per heavy atom. The lowest BCUT2D eigenvalue weighted by molar-refractivity contribution is 0.0924. The second-order valence-electron chi connectivity index (χ2n) is 6.63. The number of primary amides is 1. The highest BCUT2D eigenvalue weighted by Gasteiger charge is 2.19. The molecule has 2 aromatic rings. The summed E-state index contributed by atoms with van der Waals surface area (Å²) in [4.78, 5) is 23.7. The first-order valence-corrected chi connectivity index (χ1v) is 8.72. The van der Waals surface area contributed by atoms with Crippen molar-refractivity contribution in [3.05, 3.63) is 70.8 Å². The summed E-state index contributed by atoms with van der Waals surface area (Å²) >= 11 is 0. The fourth-order valence-corrected chi connectivity index (χ4v) is 2.83. The number of amides is 2. The predicted octanol–water partition coefficient (Wildman–Crippen LogP) is 3.87. The fraction of sp³-hybridized carbons (Fsp3) is 0.333. The predicted molar refractivity (Wildman–Crippen MR) is 100 cm³/mol. The van der Waals surface area contributed by atoms with Gasteiger partial charge in [0.1, 0.15) is 0 Å². The Morgan fingerprint density at radius 1 is 0.960 bits per heavy atom. The van der Waals surface area contributed by atoms with E-state index in [4.69, 9.17) is 5.73 Å². The molecule has 0 spiro atoms. The first-order valence-electron chi connectivity index (χ1n) is 8.72. The number of hydrogen-bond acceptors (Lipinski definition) is 2. The van der Waals surface area contributed by atoms with Crippen LogP contribution >= 0.6 is 0 Å². The van der Waals surface area contributed by atoms with E-state index in [1.165, 1.54) is 5.56 Å². The Morgan fingerprint density at radius 3 is 2.00 bits per heavy atom. The first-order chi connectivity index (χ1) is 11.9. The number of rotatable bonds is 7. The van der Waals surface area contributed by atoms with Crippen molar-refractivity contribution in [2.45, 2.75) is 39.7 Å². The van der Waals surface area contributed by atoms with Gasteiger partial charge in [-0.3, -0.25) is 9.59 Å². The minimum absolute atomic E-state index is 0.0704. The van der Waals surface area contributed by atoms with Crippen LogP contribution in [0.4, 0.5) is 0 Å². The topological polar surface area (TPSA) is 72.2 Å². The highest BCUT2D eigenvalue weighted by atomic mass is 16.2. The minimum atomic E-state index is -0.501. The zero-order chi connectivity index (χ0) is 18.4. The number of nitrogens with one attached hydrogen (secondary N) is 1. The van der Waals surface area contributed by atoms with Gasteiger partial charge in [0, 0.05) is 11.1 Å². The fourth-order valence-electron chi connectivity index (χ4n) is 2.83. The van der Waals surface area contributed by atoms with Gasteiger partial charge in [0.15, 0.2) is 0 Å². The van der Waals surface area contributed by atoms with Crippen molar-refractivity contribution in [2.24, 2.45) is 11.7 Å². The molecule has 0 fully saturated rings. The van der Waals surface area contributed by atoms with Crippen LogP contribution in [0.3, 0.4) is 0 Å². The first kappa shape index (κ1) is 18.7. The number of carbonyl (C=O) groups is 2. The Balaban J connectivity index is 2.15. The zero-order valence-corrected chi connectivity index (χ0v) is 15.1. The van der Waals surface area contributed by atoms with Crippen molar-refractivity contribution in [2.75, 3.05) is 0 Å². The molecule has 0 bridgehead atoms. The van der Waals surface area contributed by atoms with E-state index in [0.717, 1.165) is 18.4 Å². The molecule has 2 aromatic carbocycles. The molecule has 132 valence electrons. The summed E-state index contributed by atoms with van der Waals surface area (Å²) in [7, 11) is 0. The molecular weight excluding hydrogens is 312 g/mol. The normalized spacial score (nSPS) is 12.0. The van der Waals surface area contributed by atoms with Gasteiger partial charge in [0.05, 0.1) is 6.04 Å². The van der Waals surface area contributed by atoms with Crippen molar-refractivity contribution in [1.29, 1.82) is 0 Å². The molecule has 0 saturated carbocycles. The van der Waals surface area contributed by atoms with Gasteiger partial charge in [-0.2, -0.15) is 0 Å². The van der Waals surface area contributed by atoms with Crippen LogP contribution in [0.2, 0.25) is 0 Å². The molecule has 25 heavy (non-hydrogen) atoms. The van der Waals surface area contributed by atoms with Gasteiger partial charge in [0.2, 0.25) is 5.91 Å². The quantitative estimate of drug-likeness (QED) is 0.804. The van der Waals surface area contributed by atoms with Gasteiger partial charge in [-0.25, -0.2) is 0 Å². The van der Waals surface area contributed by atoms with Crippen LogP contribution in [-0.2, 0) is 6.42 Å². The van der Waals surface area contributed by atoms with Crippen molar-refractivity contribution >= 4 is 11.8 Å². The lowest BCUT2D eigenvalue weighted by Gasteiger charge is -2.23. The summed E-state index contributed by atoms with van der Waals surface area (Å²) in [6, 6.07) is 14.7. The number of nitrogens with two attached hydrogens (primary N) is 1. The van der Waals surface area contributed by atoms with Crippen LogP contribution in [0.15, 0.2) is 48.5 Å². The van der Waals surface area contributed by atoms with E-state index in [2.05, 4.69) is 50.4 Å². The standard InChI is InChI=1S/C21H26N2O2/c1-4-5-15-6-8-16(9-7-15)19(14(2)3)23-21(25)18-12-10-17(11-13-18)20(22)24/h6-14,19H,4-5H2,1-3H3,(H2,22,24)(H,23,25). The Kier molecular flexibility index (Phi) is 6.34. The molecule has 4 heteroatoms. The molecule has 0 aromatic heterocycles. The van der Waals surface area contributed by atoms with Crippen LogP contribution in [0.5, 0.6) is 0 Å². The maximum Gasteiger partial charge on any atom is 0.251 e. The summed E-state index contributed by atoms with van der Waals surface area (Å²) < 4.78 is 0. The van der Waals surface area contributed by atoms with Crippen LogP contribution < -0.4 is 11.1 Å². The monoisotopic (exact) mass is 338 g/mol. The summed E-state index contributed by atoms with van der Waals surface area (Å²) in [5.74, 6) is -0.405. The van der Waals surface area contributed by atoms with Crippen molar-refractivity contribution < 1.29 is 9.59 Å². The molecule has 0 heterocycles. The molecule has 0 radical (unpaired) electrons. The summed E-state index contributed by atoms with van der Waals surface area (Å²) in [6.45, 7) is 6.33. The number of benzene rings is 2. The molecule has 0 aliphatic carbocycles. The number of carbonyl (C=O) groups excluding carboxylic acids is 2. The van der Waals surface area contributed by atoms with Gasteiger partial charge >= 0.3 is 0 Å². The van der Waals surface area contributed by atoms with E-state index in [0.29, 0.717) is 11.1 Å². The second kappa shape index (κ2) is 8.47. The van der Waals surface area contributed by atoms with Gasteiger partial charge in [-0.05, 0) is 47.7 Å². The molecule has 1 unspecified atom stereocenters. The average molecular weight is 338 g/mol. The van der Waals surface area contributed by atoms with E-state index in [-0.39, 0.29) is 17.9 Å². The second-order valence-corrected chi connectivity index (χ2v) is 6.63. The molecule has 2 amide bonds.